The third-order valence-corrected chi connectivity index (χ3v) is 6.34. The maximum Gasteiger partial charge on any atom is 0.244 e. The molecule has 0 aromatic heterocycles. The number of nitrogens with zero attached hydrogens (tertiary/aromatic N) is 2. The third-order valence-electron chi connectivity index (χ3n) is 4.89. The number of halogens is 2. The molecule has 0 radical (unpaired) electrons. The summed E-state index contributed by atoms with van der Waals surface area (Å²) in [6.45, 7) is 6.36. The van der Waals surface area contributed by atoms with E-state index in [1.807, 2.05) is 45.1 Å². The Bertz CT molecular complexity index is 895. The number of nitrogens with two attached hydrogens (primary N) is 1. The summed E-state index contributed by atoms with van der Waals surface area (Å²) in [6.07, 6.45) is 13.2. The molecule has 4 nitrogen and oxygen atoms in total. The van der Waals surface area contributed by atoms with E-state index < -0.39 is 16.5 Å². The van der Waals surface area contributed by atoms with Crippen molar-refractivity contribution in [1.82, 2.24) is 5.01 Å². The number of rotatable bonds is 7. The average molecular weight is 448 g/mol. The van der Waals surface area contributed by atoms with Crippen LogP contribution in [0.5, 0.6) is 0 Å². The first-order chi connectivity index (χ1) is 15.0. The first kappa shape index (κ1) is 25.0. The molecule has 168 valence electrons. The highest BCUT2D eigenvalue weighted by molar-refractivity contribution is 8.16. The summed E-state index contributed by atoms with van der Waals surface area (Å²) >= 11 is 1.32. The molecular weight excluding hydrogens is 416 g/mol. The average Bonchev–Trinajstić information content (AvgIpc) is 3.37. The molecule has 1 amide bonds. The van der Waals surface area contributed by atoms with Gasteiger partial charge in [-0.2, -0.15) is 5.10 Å². The van der Waals surface area contributed by atoms with Crippen LogP contribution in [-0.4, -0.2) is 27.4 Å². The lowest BCUT2D eigenvalue weighted by molar-refractivity contribution is -0.133. The molecule has 3 rings (SSSR count). The molecule has 1 heterocycles. The fraction of sp³-hybridized carbons (Fsp3) is 0.417. The van der Waals surface area contributed by atoms with Gasteiger partial charge in [-0.25, -0.2) is 13.8 Å². The predicted molar refractivity (Wildman–Crippen MR) is 126 cm³/mol. The molecule has 7 heteroatoms. The Kier molecular flexibility index (Phi) is 9.65. The fourth-order valence-corrected chi connectivity index (χ4v) is 4.88. The molecule has 0 saturated carbocycles. The summed E-state index contributed by atoms with van der Waals surface area (Å²) in [5.74, 6) is -1.26. The number of benzene rings is 1. The van der Waals surface area contributed by atoms with Crippen LogP contribution in [0.2, 0.25) is 0 Å². The van der Waals surface area contributed by atoms with Crippen LogP contribution in [0.15, 0.2) is 59.3 Å². The summed E-state index contributed by atoms with van der Waals surface area (Å²) < 4.78 is 28.1. The molecule has 1 unspecified atom stereocenters. The minimum atomic E-state index is -0.730. The van der Waals surface area contributed by atoms with Gasteiger partial charge >= 0.3 is 0 Å². The van der Waals surface area contributed by atoms with Crippen LogP contribution in [0.1, 0.15) is 58.4 Å². The monoisotopic (exact) mass is 447 g/mol. The normalized spacial score (nSPS) is 20.4. The molecule has 1 atom stereocenters. The van der Waals surface area contributed by atoms with Crippen LogP contribution < -0.4 is 5.73 Å². The van der Waals surface area contributed by atoms with E-state index >= 15 is 0 Å². The Labute approximate surface area is 188 Å². The zero-order valence-corrected chi connectivity index (χ0v) is 19.2. The molecule has 2 N–H and O–H groups in total. The van der Waals surface area contributed by atoms with E-state index in [1.165, 1.54) is 16.8 Å². The van der Waals surface area contributed by atoms with Crippen LogP contribution in [0, 0.1) is 11.6 Å². The third kappa shape index (κ3) is 5.71. The minimum absolute atomic E-state index is 0.0765. The van der Waals surface area contributed by atoms with E-state index in [1.54, 1.807) is 0 Å². The molecule has 1 aliphatic heterocycles. The summed E-state index contributed by atoms with van der Waals surface area (Å²) in [5, 5.41) is 6.25. The van der Waals surface area contributed by atoms with Gasteiger partial charge in [-0.3, -0.25) is 4.79 Å². The van der Waals surface area contributed by atoms with E-state index in [0.29, 0.717) is 24.4 Å². The first-order valence-corrected chi connectivity index (χ1v) is 11.6. The van der Waals surface area contributed by atoms with Gasteiger partial charge in [-0.05, 0) is 62.9 Å². The van der Waals surface area contributed by atoms with Crippen LogP contribution in [0.4, 0.5) is 8.78 Å². The van der Waals surface area contributed by atoms with Crippen molar-refractivity contribution in [3.63, 3.8) is 0 Å². The van der Waals surface area contributed by atoms with E-state index in [0.717, 1.165) is 36.6 Å². The number of thioether (sulfide) groups is 1. The quantitative estimate of drug-likeness (QED) is 0.529. The van der Waals surface area contributed by atoms with Gasteiger partial charge in [-0.15, -0.1) is 0 Å². The number of carbonyl (C=O) groups is 1. The summed E-state index contributed by atoms with van der Waals surface area (Å²) in [7, 11) is 0. The van der Waals surface area contributed by atoms with Crippen LogP contribution in [0.25, 0.3) is 0 Å². The van der Waals surface area contributed by atoms with Crippen molar-refractivity contribution in [2.45, 2.75) is 57.7 Å². The highest BCUT2D eigenvalue weighted by Gasteiger charge is 2.50. The second-order valence-corrected chi connectivity index (χ2v) is 8.18. The Morgan fingerprint density at radius 1 is 1.32 bits per heavy atom. The lowest BCUT2D eigenvalue weighted by Crippen LogP contribution is -2.43. The standard InChI is InChI=1S/C22H25F2N3OS.C2H6/c1-2-3-4-5-8-16-9-6-13-22(16)27(20(28)10-7-14-25)26-21(29-22)18-15-17(23)11-12-19(18)24;1-2/h2-3,5,8-9,11-12,15H,4,6-7,10,13-14,25H2,1H3;1-2H3/b3-2-,8-5-;. The highest BCUT2D eigenvalue weighted by atomic mass is 32.2. The molecule has 0 bridgehead atoms. The van der Waals surface area contributed by atoms with Gasteiger partial charge in [0.2, 0.25) is 5.91 Å². The van der Waals surface area contributed by atoms with E-state index in [4.69, 9.17) is 5.73 Å². The van der Waals surface area contributed by atoms with Gasteiger partial charge in [0, 0.05) is 12.0 Å². The summed E-state index contributed by atoms with van der Waals surface area (Å²) in [6, 6.07) is 3.29. The minimum Gasteiger partial charge on any atom is -0.330 e. The van der Waals surface area contributed by atoms with Crippen LogP contribution in [0.3, 0.4) is 0 Å². The second-order valence-electron chi connectivity index (χ2n) is 6.92. The zero-order chi connectivity index (χ0) is 22.9. The number of hydrazone groups is 1. The molecule has 1 aromatic rings. The van der Waals surface area contributed by atoms with Gasteiger partial charge in [0.1, 0.15) is 21.5 Å². The highest BCUT2D eigenvalue weighted by Crippen LogP contribution is 2.51. The van der Waals surface area contributed by atoms with Crippen molar-refractivity contribution in [1.29, 1.82) is 0 Å². The SMILES string of the molecule is C/C=C\C/C=C\C1=CCCC12SC(c1cc(F)ccc1F)=NN2C(=O)CCCN.CC. The van der Waals surface area contributed by atoms with E-state index in [2.05, 4.69) is 11.2 Å². The Hall–Kier alpha value is -2.25. The van der Waals surface area contributed by atoms with Gasteiger partial charge in [0.25, 0.3) is 0 Å². The maximum absolute atomic E-state index is 14.4. The maximum atomic E-state index is 14.4. The number of allylic oxidation sites excluding steroid dienone is 4. The predicted octanol–water partition coefficient (Wildman–Crippen LogP) is 5.91. The van der Waals surface area contributed by atoms with E-state index in [9.17, 15) is 13.6 Å². The number of amides is 1. The smallest absolute Gasteiger partial charge is 0.244 e. The van der Waals surface area contributed by atoms with Crippen molar-refractivity contribution in [2.75, 3.05) is 6.54 Å². The Morgan fingerprint density at radius 3 is 2.81 bits per heavy atom. The molecule has 0 saturated heterocycles. The largest absolute Gasteiger partial charge is 0.330 e. The summed E-state index contributed by atoms with van der Waals surface area (Å²) in [4.78, 5) is 12.2. The molecule has 2 aliphatic rings. The second kappa shape index (κ2) is 12.0. The number of carbonyl (C=O) groups excluding carboxylic acids is 1. The van der Waals surface area contributed by atoms with Crippen molar-refractivity contribution >= 4 is 22.7 Å². The number of hydrogen-bond acceptors (Lipinski definition) is 4. The van der Waals surface area contributed by atoms with Crippen molar-refractivity contribution in [3.8, 4) is 0 Å². The summed E-state index contributed by atoms with van der Waals surface area (Å²) in [5.41, 5.74) is 6.60. The lowest BCUT2D eigenvalue weighted by atomic mass is 10.1. The van der Waals surface area contributed by atoms with Crippen LogP contribution in [-0.2, 0) is 4.79 Å². The Balaban J connectivity index is 0.00000166. The zero-order valence-electron chi connectivity index (χ0n) is 18.4. The van der Waals surface area contributed by atoms with E-state index in [-0.39, 0.29) is 17.9 Å². The van der Waals surface area contributed by atoms with Gasteiger partial charge in [-0.1, -0.05) is 56.0 Å². The molecule has 1 spiro atoms. The van der Waals surface area contributed by atoms with Gasteiger partial charge in [0.05, 0.1) is 0 Å². The lowest BCUT2D eigenvalue weighted by Gasteiger charge is -2.33. The molecular formula is C24H31F2N3OS. The Morgan fingerprint density at radius 2 is 2.10 bits per heavy atom. The van der Waals surface area contributed by atoms with Crippen molar-refractivity contribution < 1.29 is 13.6 Å². The molecule has 1 aromatic carbocycles. The number of hydrogen-bond donors (Lipinski definition) is 1. The fourth-order valence-electron chi connectivity index (χ4n) is 3.45. The van der Waals surface area contributed by atoms with Gasteiger partial charge < -0.3 is 5.73 Å². The topological polar surface area (TPSA) is 58.7 Å². The van der Waals surface area contributed by atoms with Crippen molar-refractivity contribution in [3.05, 3.63) is 71.4 Å². The van der Waals surface area contributed by atoms with Crippen molar-refractivity contribution in [2.24, 2.45) is 10.8 Å². The first-order valence-electron chi connectivity index (χ1n) is 10.8. The molecule has 31 heavy (non-hydrogen) atoms. The molecule has 1 aliphatic carbocycles. The molecule has 0 fully saturated rings. The van der Waals surface area contributed by atoms with Crippen LogP contribution >= 0.6 is 11.8 Å². The van der Waals surface area contributed by atoms with Gasteiger partial charge in [0.15, 0.2) is 0 Å².